The molecular formula is C16H17N5OS. The Kier molecular flexibility index (Phi) is 4.77. The van der Waals surface area contributed by atoms with Gasteiger partial charge in [0.1, 0.15) is 0 Å². The van der Waals surface area contributed by atoms with E-state index in [0.717, 1.165) is 16.9 Å². The average molecular weight is 327 g/mol. The molecule has 118 valence electrons. The molecule has 4 N–H and O–H groups in total. The quantitative estimate of drug-likeness (QED) is 0.754. The third-order valence-electron chi connectivity index (χ3n) is 3.40. The molecule has 0 bridgehead atoms. The summed E-state index contributed by atoms with van der Waals surface area (Å²) in [4.78, 5) is 20.5. The van der Waals surface area contributed by atoms with E-state index in [-0.39, 0.29) is 12.1 Å². The average Bonchev–Trinajstić information content (AvgIpc) is 3.04. The fourth-order valence-electron chi connectivity index (χ4n) is 2.16. The van der Waals surface area contributed by atoms with Crippen molar-refractivity contribution in [2.75, 3.05) is 11.5 Å². The topological polar surface area (TPSA) is 92.4 Å². The number of carbonyl (C=O) groups excluding carboxylic acids is 1. The van der Waals surface area contributed by atoms with E-state index >= 15 is 0 Å². The minimum atomic E-state index is -0.261. The number of aromatic nitrogens is 1. The summed E-state index contributed by atoms with van der Waals surface area (Å²) in [5, 5.41) is 6.23. The molecule has 2 heterocycles. The van der Waals surface area contributed by atoms with Crippen molar-refractivity contribution in [1.82, 2.24) is 15.6 Å². The monoisotopic (exact) mass is 327 g/mol. The Morgan fingerprint density at radius 2 is 1.96 bits per heavy atom. The molecule has 0 saturated carbocycles. The molecule has 0 radical (unpaired) electrons. The van der Waals surface area contributed by atoms with Crippen LogP contribution in [0.15, 0.2) is 53.8 Å². The Morgan fingerprint density at radius 3 is 2.70 bits per heavy atom. The SMILES string of the molecule is Nc1ccc(CNC(=O)NC2=NC(c3ccncc3)CS2)cc1. The number of anilines is 1. The Bertz CT molecular complexity index is 702. The lowest BCUT2D eigenvalue weighted by molar-refractivity contribution is 0.245. The molecule has 6 nitrogen and oxygen atoms in total. The van der Waals surface area contributed by atoms with E-state index in [9.17, 15) is 4.79 Å². The highest BCUT2D eigenvalue weighted by Crippen LogP contribution is 2.28. The largest absolute Gasteiger partial charge is 0.399 e. The van der Waals surface area contributed by atoms with Gasteiger partial charge in [0, 0.05) is 30.4 Å². The molecule has 0 aliphatic carbocycles. The van der Waals surface area contributed by atoms with Gasteiger partial charge in [0.25, 0.3) is 0 Å². The number of amides is 2. The molecule has 3 rings (SSSR count). The first kappa shape index (κ1) is 15.4. The van der Waals surface area contributed by atoms with Gasteiger partial charge in [-0.15, -0.1) is 0 Å². The van der Waals surface area contributed by atoms with Gasteiger partial charge < -0.3 is 11.1 Å². The van der Waals surface area contributed by atoms with Crippen LogP contribution in [0, 0.1) is 0 Å². The number of nitrogens with one attached hydrogen (secondary N) is 2. The standard InChI is InChI=1S/C16H17N5OS/c17-13-3-1-11(2-4-13)9-19-15(22)21-16-20-14(10-23-16)12-5-7-18-8-6-12/h1-8,14H,9-10,17H2,(H2,19,20,21,22). The molecule has 7 heteroatoms. The number of aliphatic imine (C=N–C) groups is 1. The van der Waals surface area contributed by atoms with E-state index in [1.165, 1.54) is 11.8 Å². The molecule has 0 saturated heterocycles. The molecule has 1 aliphatic heterocycles. The Hall–Kier alpha value is -2.54. The van der Waals surface area contributed by atoms with Crippen molar-refractivity contribution in [2.24, 2.45) is 4.99 Å². The molecule has 1 aromatic carbocycles. The zero-order valence-electron chi connectivity index (χ0n) is 12.4. The molecule has 1 atom stereocenters. The molecular weight excluding hydrogens is 310 g/mol. The number of rotatable bonds is 3. The molecule has 1 aromatic heterocycles. The maximum atomic E-state index is 11.9. The van der Waals surface area contributed by atoms with Gasteiger partial charge in [-0.05, 0) is 35.4 Å². The fourth-order valence-corrected chi connectivity index (χ4v) is 3.11. The molecule has 1 aliphatic rings. The number of carbonyl (C=O) groups is 1. The third-order valence-corrected chi connectivity index (χ3v) is 4.36. The van der Waals surface area contributed by atoms with Crippen molar-refractivity contribution in [3.63, 3.8) is 0 Å². The molecule has 0 fully saturated rings. The lowest BCUT2D eigenvalue weighted by atomic mass is 10.1. The normalized spacial score (nSPS) is 16.7. The second-order valence-electron chi connectivity index (χ2n) is 5.09. The second kappa shape index (κ2) is 7.15. The van der Waals surface area contributed by atoms with E-state index < -0.39 is 0 Å². The first-order valence-electron chi connectivity index (χ1n) is 7.20. The van der Waals surface area contributed by atoms with Crippen molar-refractivity contribution in [3.8, 4) is 0 Å². The van der Waals surface area contributed by atoms with E-state index in [2.05, 4.69) is 20.6 Å². The molecule has 1 unspecified atom stereocenters. The summed E-state index contributed by atoms with van der Waals surface area (Å²) in [7, 11) is 0. The molecule has 2 aromatic rings. The highest BCUT2D eigenvalue weighted by molar-refractivity contribution is 8.14. The van der Waals surface area contributed by atoms with Crippen molar-refractivity contribution >= 4 is 28.6 Å². The van der Waals surface area contributed by atoms with Gasteiger partial charge in [-0.3, -0.25) is 15.3 Å². The summed E-state index contributed by atoms with van der Waals surface area (Å²) in [6.45, 7) is 0.442. The predicted octanol–water partition coefficient (Wildman–Crippen LogP) is 2.31. The lowest BCUT2D eigenvalue weighted by Crippen LogP contribution is -2.37. The summed E-state index contributed by atoms with van der Waals surface area (Å²) < 4.78 is 0. The number of nitrogens with two attached hydrogens (primary N) is 1. The van der Waals surface area contributed by atoms with Gasteiger partial charge in [-0.1, -0.05) is 23.9 Å². The van der Waals surface area contributed by atoms with Crippen LogP contribution in [0.3, 0.4) is 0 Å². The van der Waals surface area contributed by atoms with Crippen molar-refractivity contribution in [1.29, 1.82) is 0 Å². The van der Waals surface area contributed by atoms with Gasteiger partial charge in [-0.2, -0.15) is 0 Å². The number of benzene rings is 1. The van der Waals surface area contributed by atoms with Crippen molar-refractivity contribution in [3.05, 3.63) is 59.9 Å². The zero-order chi connectivity index (χ0) is 16.1. The number of hydrogen-bond acceptors (Lipinski definition) is 5. The van der Waals surface area contributed by atoms with Crippen LogP contribution in [0.5, 0.6) is 0 Å². The maximum Gasteiger partial charge on any atom is 0.321 e. The van der Waals surface area contributed by atoms with E-state index in [0.29, 0.717) is 17.4 Å². The van der Waals surface area contributed by atoms with Gasteiger partial charge in [0.05, 0.1) is 6.04 Å². The fraction of sp³-hybridized carbons (Fsp3) is 0.188. The Labute approximate surface area is 138 Å². The zero-order valence-corrected chi connectivity index (χ0v) is 13.2. The second-order valence-corrected chi connectivity index (χ2v) is 6.10. The first-order valence-corrected chi connectivity index (χ1v) is 8.19. The van der Waals surface area contributed by atoms with Crippen LogP contribution in [0.1, 0.15) is 17.2 Å². The van der Waals surface area contributed by atoms with Gasteiger partial charge >= 0.3 is 6.03 Å². The van der Waals surface area contributed by atoms with E-state index in [1.807, 2.05) is 36.4 Å². The van der Waals surface area contributed by atoms with Gasteiger partial charge in [-0.25, -0.2) is 4.79 Å². The van der Waals surface area contributed by atoms with Crippen molar-refractivity contribution < 1.29 is 4.79 Å². The summed E-state index contributed by atoms with van der Waals surface area (Å²) in [5.41, 5.74) is 8.43. The van der Waals surface area contributed by atoms with Crippen LogP contribution in [0.2, 0.25) is 0 Å². The Balaban J connectivity index is 1.51. The van der Waals surface area contributed by atoms with Crippen LogP contribution in [-0.4, -0.2) is 21.9 Å². The van der Waals surface area contributed by atoms with Crippen LogP contribution in [-0.2, 0) is 6.54 Å². The number of thioether (sulfide) groups is 1. The van der Waals surface area contributed by atoms with Gasteiger partial charge in [0.2, 0.25) is 0 Å². The maximum absolute atomic E-state index is 11.9. The number of pyridine rings is 1. The molecule has 23 heavy (non-hydrogen) atoms. The minimum Gasteiger partial charge on any atom is -0.399 e. The van der Waals surface area contributed by atoms with Crippen LogP contribution >= 0.6 is 11.8 Å². The summed E-state index contributed by atoms with van der Waals surface area (Å²) >= 11 is 1.54. The molecule has 0 spiro atoms. The summed E-state index contributed by atoms with van der Waals surface area (Å²) in [5.74, 6) is 0.817. The highest BCUT2D eigenvalue weighted by Gasteiger charge is 2.21. The smallest absolute Gasteiger partial charge is 0.321 e. The number of urea groups is 1. The van der Waals surface area contributed by atoms with Crippen LogP contribution < -0.4 is 16.4 Å². The van der Waals surface area contributed by atoms with E-state index in [4.69, 9.17) is 5.73 Å². The predicted molar refractivity (Wildman–Crippen MR) is 93.1 cm³/mol. The number of amidine groups is 1. The Morgan fingerprint density at radius 1 is 1.22 bits per heavy atom. The van der Waals surface area contributed by atoms with Gasteiger partial charge in [0.15, 0.2) is 5.17 Å². The third kappa shape index (κ3) is 4.23. The lowest BCUT2D eigenvalue weighted by Gasteiger charge is -2.07. The number of nitrogen functional groups attached to an aromatic ring is 1. The number of nitrogens with zero attached hydrogens (tertiary/aromatic N) is 2. The highest BCUT2D eigenvalue weighted by atomic mass is 32.2. The number of hydrogen-bond donors (Lipinski definition) is 3. The first-order chi connectivity index (χ1) is 11.2. The summed E-state index contributed by atoms with van der Waals surface area (Å²) in [6.07, 6.45) is 3.50. The van der Waals surface area contributed by atoms with Crippen molar-refractivity contribution in [2.45, 2.75) is 12.6 Å². The summed E-state index contributed by atoms with van der Waals surface area (Å²) in [6, 6.07) is 11.1. The van der Waals surface area contributed by atoms with Crippen LogP contribution in [0.25, 0.3) is 0 Å². The molecule has 2 amide bonds. The van der Waals surface area contributed by atoms with E-state index in [1.54, 1.807) is 12.4 Å². The minimum absolute atomic E-state index is 0.0652. The van der Waals surface area contributed by atoms with Crippen LogP contribution in [0.4, 0.5) is 10.5 Å².